The van der Waals surface area contributed by atoms with Crippen LogP contribution in [0.2, 0.25) is 0 Å². The summed E-state index contributed by atoms with van der Waals surface area (Å²) < 4.78 is 11.4. The van der Waals surface area contributed by atoms with Gasteiger partial charge in [-0.2, -0.15) is 0 Å². The molecule has 2 atom stereocenters. The minimum absolute atomic E-state index is 0.557. The van der Waals surface area contributed by atoms with Gasteiger partial charge in [0, 0.05) is 38.3 Å². The summed E-state index contributed by atoms with van der Waals surface area (Å²) in [5.74, 6) is 2.81. The van der Waals surface area contributed by atoms with Gasteiger partial charge in [0.2, 0.25) is 0 Å². The van der Waals surface area contributed by atoms with E-state index in [0.717, 1.165) is 74.2 Å². The van der Waals surface area contributed by atoms with Crippen LogP contribution in [0.1, 0.15) is 25.8 Å². The van der Waals surface area contributed by atoms with Crippen molar-refractivity contribution in [3.05, 3.63) is 78.4 Å². The number of para-hydroxylation sites is 4. The molecule has 0 aliphatic carbocycles. The highest BCUT2D eigenvalue weighted by Crippen LogP contribution is 2.46. The van der Waals surface area contributed by atoms with Crippen molar-refractivity contribution < 1.29 is 9.47 Å². The van der Waals surface area contributed by atoms with Crippen LogP contribution in [-0.2, 0) is 6.42 Å². The van der Waals surface area contributed by atoms with Gasteiger partial charge in [0.15, 0.2) is 11.5 Å². The summed E-state index contributed by atoms with van der Waals surface area (Å²) in [6.45, 7) is 10.2. The molecule has 5 rings (SSSR count). The summed E-state index contributed by atoms with van der Waals surface area (Å²) in [5.41, 5.74) is 3.70. The van der Waals surface area contributed by atoms with Crippen molar-refractivity contribution in [1.82, 2.24) is 9.80 Å². The molecule has 3 aromatic rings. The van der Waals surface area contributed by atoms with Crippen molar-refractivity contribution in [3.8, 4) is 17.2 Å². The lowest BCUT2D eigenvalue weighted by Crippen LogP contribution is -2.57. The first kappa shape index (κ1) is 23.7. The number of rotatable bonds is 8. The molecule has 0 spiro atoms. The molecule has 1 saturated heterocycles. The van der Waals surface area contributed by atoms with Gasteiger partial charge in [0.25, 0.3) is 0 Å². The SMILES string of the molecule is COc1ccc(CCN2[C@H](C)CN(CCCN3c4ccccc4Oc4ccccc43)C[C@@H]2C)cc1. The molecule has 2 heterocycles. The van der Waals surface area contributed by atoms with Gasteiger partial charge in [-0.1, -0.05) is 36.4 Å². The second kappa shape index (κ2) is 10.7. The number of nitrogens with zero attached hydrogens (tertiary/aromatic N) is 3. The maximum Gasteiger partial charge on any atom is 0.151 e. The molecular weight excluding hydrogens is 434 g/mol. The first-order chi connectivity index (χ1) is 17.1. The van der Waals surface area contributed by atoms with Crippen LogP contribution < -0.4 is 14.4 Å². The molecule has 0 saturated carbocycles. The molecular formula is C30H37N3O2. The van der Waals surface area contributed by atoms with Gasteiger partial charge in [-0.05, 0) is 75.2 Å². The number of hydrogen-bond donors (Lipinski definition) is 0. The average molecular weight is 472 g/mol. The first-order valence-corrected chi connectivity index (χ1v) is 12.9. The molecule has 3 aromatic carbocycles. The average Bonchev–Trinajstić information content (AvgIpc) is 2.88. The fourth-order valence-corrected chi connectivity index (χ4v) is 5.61. The predicted octanol–water partition coefficient (Wildman–Crippen LogP) is 5.97. The summed E-state index contributed by atoms with van der Waals surface area (Å²) in [7, 11) is 1.72. The third-order valence-electron chi connectivity index (χ3n) is 7.38. The molecule has 0 N–H and O–H groups in total. The van der Waals surface area contributed by atoms with E-state index in [1.165, 1.54) is 5.56 Å². The van der Waals surface area contributed by atoms with Crippen molar-refractivity contribution in [1.29, 1.82) is 0 Å². The molecule has 0 unspecified atom stereocenters. The molecule has 0 radical (unpaired) electrons. The zero-order chi connectivity index (χ0) is 24.2. The van der Waals surface area contributed by atoms with Gasteiger partial charge < -0.3 is 19.3 Å². The Balaban J connectivity index is 1.15. The van der Waals surface area contributed by atoms with Crippen LogP contribution in [0.25, 0.3) is 0 Å². The number of hydrogen-bond acceptors (Lipinski definition) is 5. The standard InChI is InChI=1S/C30H37N3O2/c1-23-21-31(22-24(2)32(23)20-17-25-13-15-26(34-3)16-14-25)18-8-19-33-27-9-4-6-11-29(27)35-30-12-7-5-10-28(30)33/h4-7,9-16,23-24H,8,17-22H2,1-3H3/t23-,24+. The van der Waals surface area contributed by atoms with E-state index in [1.807, 2.05) is 12.1 Å². The van der Waals surface area contributed by atoms with Gasteiger partial charge in [0.05, 0.1) is 18.5 Å². The number of methoxy groups -OCH3 is 1. The summed E-state index contributed by atoms with van der Waals surface area (Å²) in [6.07, 6.45) is 2.20. The maximum atomic E-state index is 6.15. The highest BCUT2D eigenvalue weighted by molar-refractivity contribution is 5.77. The number of ether oxygens (including phenoxy) is 2. The van der Waals surface area contributed by atoms with Gasteiger partial charge in [0.1, 0.15) is 5.75 Å². The summed E-state index contributed by atoms with van der Waals surface area (Å²) in [4.78, 5) is 7.75. The molecule has 0 bridgehead atoms. The Morgan fingerprint density at radius 2 is 1.37 bits per heavy atom. The van der Waals surface area contributed by atoms with E-state index in [-0.39, 0.29) is 0 Å². The van der Waals surface area contributed by atoms with E-state index in [2.05, 4.69) is 89.2 Å². The zero-order valence-corrected chi connectivity index (χ0v) is 21.2. The Labute approximate surface area is 209 Å². The number of fused-ring (bicyclic) bond motifs is 2. The molecule has 184 valence electrons. The lowest BCUT2D eigenvalue weighted by molar-refractivity contribution is 0.0397. The van der Waals surface area contributed by atoms with Crippen molar-refractivity contribution in [2.24, 2.45) is 0 Å². The van der Waals surface area contributed by atoms with Crippen LogP contribution in [0, 0.1) is 0 Å². The van der Waals surface area contributed by atoms with Crippen LogP contribution in [0.4, 0.5) is 11.4 Å². The van der Waals surface area contributed by atoms with E-state index in [0.29, 0.717) is 12.1 Å². The van der Waals surface area contributed by atoms with E-state index in [4.69, 9.17) is 9.47 Å². The quantitative estimate of drug-likeness (QED) is 0.404. The van der Waals surface area contributed by atoms with Crippen LogP contribution in [0.3, 0.4) is 0 Å². The number of benzene rings is 3. The maximum absolute atomic E-state index is 6.15. The van der Waals surface area contributed by atoms with Crippen molar-refractivity contribution in [2.75, 3.05) is 44.7 Å². The Hall–Kier alpha value is -3.02. The fraction of sp³-hybridized carbons (Fsp3) is 0.400. The lowest BCUT2D eigenvalue weighted by Gasteiger charge is -2.45. The lowest BCUT2D eigenvalue weighted by atomic mass is 10.1. The van der Waals surface area contributed by atoms with Crippen molar-refractivity contribution in [2.45, 2.75) is 38.8 Å². The van der Waals surface area contributed by atoms with E-state index >= 15 is 0 Å². The topological polar surface area (TPSA) is 28.2 Å². The highest BCUT2D eigenvalue weighted by atomic mass is 16.5. The Bertz CT molecular complexity index is 1060. The predicted molar refractivity (Wildman–Crippen MR) is 143 cm³/mol. The summed E-state index contributed by atoms with van der Waals surface area (Å²) in [6, 6.07) is 26.3. The Morgan fingerprint density at radius 1 is 0.771 bits per heavy atom. The second-order valence-corrected chi connectivity index (χ2v) is 9.84. The monoisotopic (exact) mass is 471 g/mol. The van der Waals surface area contributed by atoms with E-state index < -0.39 is 0 Å². The molecule has 2 aliphatic rings. The Kier molecular flexibility index (Phi) is 7.26. The van der Waals surface area contributed by atoms with Crippen LogP contribution in [0.15, 0.2) is 72.8 Å². The van der Waals surface area contributed by atoms with Crippen LogP contribution >= 0.6 is 0 Å². The molecule has 0 aromatic heterocycles. The van der Waals surface area contributed by atoms with E-state index in [1.54, 1.807) is 7.11 Å². The smallest absolute Gasteiger partial charge is 0.151 e. The summed E-state index contributed by atoms with van der Waals surface area (Å²) in [5, 5.41) is 0. The molecule has 5 nitrogen and oxygen atoms in total. The molecule has 2 aliphatic heterocycles. The van der Waals surface area contributed by atoms with Crippen LogP contribution in [0.5, 0.6) is 17.2 Å². The minimum atomic E-state index is 0.557. The Morgan fingerprint density at radius 3 is 1.97 bits per heavy atom. The molecule has 35 heavy (non-hydrogen) atoms. The first-order valence-electron chi connectivity index (χ1n) is 12.9. The normalized spacial score (nSPS) is 20.1. The molecule has 1 fully saturated rings. The van der Waals surface area contributed by atoms with Gasteiger partial charge >= 0.3 is 0 Å². The zero-order valence-electron chi connectivity index (χ0n) is 21.2. The fourth-order valence-electron chi connectivity index (χ4n) is 5.61. The number of piperazine rings is 1. The third-order valence-corrected chi connectivity index (χ3v) is 7.38. The van der Waals surface area contributed by atoms with Gasteiger partial charge in [-0.15, -0.1) is 0 Å². The van der Waals surface area contributed by atoms with E-state index in [9.17, 15) is 0 Å². The van der Waals surface area contributed by atoms with Crippen LogP contribution in [-0.4, -0.2) is 61.7 Å². The number of anilines is 2. The largest absolute Gasteiger partial charge is 0.497 e. The minimum Gasteiger partial charge on any atom is -0.497 e. The van der Waals surface area contributed by atoms with Gasteiger partial charge in [-0.25, -0.2) is 0 Å². The third kappa shape index (κ3) is 5.31. The molecule has 5 heteroatoms. The second-order valence-electron chi connectivity index (χ2n) is 9.84. The summed E-state index contributed by atoms with van der Waals surface area (Å²) >= 11 is 0. The molecule has 0 amide bonds. The van der Waals surface area contributed by atoms with Gasteiger partial charge in [-0.3, -0.25) is 4.90 Å². The highest BCUT2D eigenvalue weighted by Gasteiger charge is 2.29. The van der Waals surface area contributed by atoms with Crippen molar-refractivity contribution in [3.63, 3.8) is 0 Å². The van der Waals surface area contributed by atoms with Crippen molar-refractivity contribution >= 4 is 11.4 Å².